The molecule has 7 aliphatic rings. The van der Waals surface area contributed by atoms with Crippen LogP contribution >= 0.6 is 0 Å². The quantitative estimate of drug-likeness (QED) is 0.601. The van der Waals surface area contributed by atoms with Crippen LogP contribution in [-0.4, -0.2) is 53.1 Å². The number of aliphatic hydroxyl groups is 1. The van der Waals surface area contributed by atoms with E-state index in [0.29, 0.717) is 11.8 Å². The number of hydrogen-bond donors (Lipinski definition) is 2. The van der Waals surface area contributed by atoms with Gasteiger partial charge in [0.1, 0.15) is 11.7 Å². The van der Waals surface area contributed by atoms with Crippen LogP contribution in [0.5, 0.6) is 11.5 Å². The molecule has 2 aliphatic heterocycles. The molecule has 0 amide bonds. The molecule has 2 spiro atoms. The summed E-state index contributed by atoms with van der Waals surface area (Å²) in [5, 5.41) is 23.3. The van der Waals surface area contributed by atoms with Crippen molar-refractivity contribution >= 4 is 0 Å². The van der Waals surface area contributed by atoms with Gasteiger partial charge < -0.3 is 19.7 Å². The van der Waals surface area contributed by atoms with Crippen molar-refractivity contribution in [1.29, 1.82) is 0 Å². The molecule has 5 aliphatic carbocycles. The van der Waals surface area contributed by atoms with Crippen molar-refractivity contribution in [2.45, 2.75) is 88.1 Å². The van der Waals surface area contributed by atoms with E-state index in [1.165, 1.54) is 30.5 Å². The molecule has 2 aromatic rings. The Labute approximate surface area is 219 Å². The van der Waals surface area contributed by atoms with Crippen LogP contribution < -0.4 is 4.74 Å². The number of hydrogen-bond acceptors (Lipinski definition) is 5. The molecule has 0 radical (unpaired) electrons. The topological polar surface area (TPSA) is 62.2 Å². The summed E-state index contributed by atoms with van der Waals surface area (Å²) in [6, 6.07) is 12.8. The third-order valence-corrected chi connectivity index (χ3v) is 12.1. The molecule has 2 aromatic carbocycles. The lowest BCUT2D eigenvalue weighted by atomic mass is 9.31. The van der Waals surface area contributed by atoms with Crippen molar-refractivity contribution in [3.63, 3.8) is 0 Å². The first-order valence-corrected chi connectivity index (χ1v) is 14.4. The Balaban J connectivity index is 1.36. The number of aliphatic hydroxyl groups excluding tert-OH is 1. The number of aromatic hydroxyl groups is 1. The first-order chi connectivity index (χ1) is 17.8. The van der Waals surface area contributed by atoms with Gasteiger partial charge in [0.25, 0.3) is 0 Å². The molecular formula is C32H39NO4. The highest BCUT2D eigenvalue weighted by molar-refractivity contribution is 5.63. The fourth-order valence-corrected chi connectivity index (χ4v) is 10.4. The Morgan fingerprint density at radius 3 is 2.76 bits per heavy atom. The number of aryl methyl sites for hydroxylation is 1. The molecule has 5 nitrogen and oxygen atoms in total. The monoisotopic (exact) mass is 501 g/mol. The van der Waals surface area contributed by atoms with Gasteiger partial charge in [-0.1, -0.05) is 42.8 Å². The molecule has 4 saturated carbocycles. The Hall–Kier alpha value is -2.08. The molecule has 2 heterocycles. The van der Waals surface area contributed by atoms with Crippen molar-refractivity contribution in [1.82, 2.24) is 4.90 Å². The molecule has 4 bridgehead atoms. The van der Waals surface area contributed by atoms with Crippen molar-refractivity contribution in [3.05, 3.63) is 58.7 Å². The van der Waals surface area contributed by atoms with Gasteiger partial charge in [-0.25, -0.2) is 0 Å². The second kappa shape index (κ2) is 7.11. The number of likely N-dealkylation sites (tertiary alicyclic amines) is 1. The highest BCUT2D eigenvalue weighted by Crippen LogP contribution is 2.80. The van der Waals surface area contributed by atoms with Crippen molar-refractivity contribution < 1.29 is 19.7 Å². The van der Waals surface area contributed by atoms with Crippen LogP contribution in [0, 0.1) is 23.7 Å². The number of rotatable bonds is 5. The van der Waals surface area contributed by atoms with Gasteiger partial charge in [0.15, 0.2) is 11.5 Å². The molecule has 1 saturated heterocycles. The minimum Gasteiger partial charge on any atom is -0.504 e. The number of fused-ring (bicyclic) bond motifs is 2. The summed E-state index contributed by atoms with van der Waals surface area (Å²) >= 11 is 0. The van der Waals surface area contributed by atoms with E-state index in [-0.39, 0.29) is 22.7 Å². The molecule has 196 valence electrons. The van der Waals surface area contributed by atoms with E-state index in [1.807, 2.05) is 13.2 Å². The highest BCUT2D eigenvalue weighted by atomic mass is 16.6. The number of benzene rings is 2. The predicted octanol–water partition coefficient (Wildman–Crippen LogP) is 5.05. The molecule has 5 heteroatoms. The standard InChI is InChI=1S/C32H39NO4/c1-19-5-4-6-22(15-19)27(35)29(2)18-30-11-12-32(29,36-3)28-31(30)13-14-33(17-20-7-8-20)24(30)16-21-9-10-23(34)26(37-28)25(21)31/h4-6,9-10,15,20,24,27-28,34-35H,7-8,11-14,16-18H2,1-3H3/t24-,27-,28-,29-,30-,31+,32+/m1/s1. The summed E-state index contributed by atoms with van der Waals surface area (Å²) < 4.78 is 13.6. The number of methoxy groups -OCH3 is 1. The fraction of sp³-hybridized carbons (Fsp3) is 0.625. The largest absolute Gasteiger partial charge is 0.504 e. The number of piperidine rings is 1. The minimum atomic E-state index is -0.665. The van der Waals surface area contributed by atoms with Gasteiger partial charge in [-0.15, -0.1) is 0 Å². The van der Waals surface area contributed by atoms with Crippen LogP contribution in [0.15, 0.2) is 36.4 Å². The number of phenolic OH excluding ortho intramolecular Hbond substituents is 1. The zero-order valence-electron chi connectivity index (χ0n) is 22.3. The maximum absolute atomic E-state index is 12.2. The van der Waals surface area contributed by atoms with E-state index >= 15 is 0 Å². The number of ether oxygens (including phenoxy) is 2. The Kier molecular flexibility index (Phi) is 4.39. The van der Waals surface area contributed by atoms with Gasteiger partial charge in [-0.2, -0.15) is 0 Å². The van der Waals surface area contributed by atoms with Crippen molar-refractivity contribution in [3.8, 4) is 11.5 Å². The summed E-state index contributed by atoms with van der Waals surface area (Å²) in [5.74, 6) is 1.79. The van der Waals surface area contributed by atoms with Gasteiger partial charge in [0, 0.05) is 41.5 Å². The second-order valence-corrected chi connectivity index (χ2v) is 13.5. The molecule has 0 aromatic heterocycles. The Morgan fingerprint density at radius 2 is 2.00 bits per heavy atom. The van der Waals surface area contributed by atoms with Crippen LogP contribution in [0.25, 0.3) is 0 Å². The SMILES string of the molecule is CO[C@]12CC[C@@]3(C[C@]1(C)[C@H](O)c1cccc(C)c1)[C@H]1Cc4ccc(O)c5c4[C@@]3(CCN1CC1CC1)[C@H]2O5. The van der Waals surface area contributed by atoms with Crippen molar-refractivity contribution in [2.75, 3.05) is 20.2 Å². The molecule has 0 unspecified atom stereocenters. The summed E-state index contributed by atoms with van der Waals surface area (Å²) in [7, 11) is 1.83. The first kappa shape index (κ1) is 22.9. The maximum Gasteiger partial charge on any atom is 0.165 e. The van der Waals surface area contributed by atoms with Crippen LogP contribution in [0.4, 0.5) is 0 Å². The van der Waals surface area contributed by atoms with Crippen LogP contribution in [0.2, 0.25) is 0 Å². The third-order valence-electron chi connectivity index (χ3n) is 12.1. The summed E-state index contributed by atoms with van der Waals surface area (Å²) in [5.41, 5.74) is 3.37. The van der Waals surface area contributed by atoms with E-state index in [9.17, 15) is 10.2 Å². The van der Waals surface area contributed by atoms with Gasteiger partial charge in [0.2, 0.25) is 0 Å². The molecule has 7 atom stereocenters. The summed E-state index contributed by atoms with van der Waals surface area (Å²) in [6.45, 7) is 6.63. The van der Waals surface area contributed by atoms with E-state index in [2.05, 4.69) is 49.1 Å². The van der Waals surface area contributed by atoms with E-state index < -0.39 is 17.1 Å². The average molecular weight is 502 g/mol. The predicted molar refractivity (Wildman–Crippen MR) is 141 cm³/mol. The van der Waals surface area contributed by atoms with Crippen LogP contribution in [0.1, 0.15) is 73.8 Å². The second-order valence-electron chi connectivity index (χ2n) is 13.5. The molecule has 37 heavy (non-hydrogen) atoms. The van der Waals surface area contributed by atoms with Crippen molar-refractivity contribution in [2.24, 2.45) is 16.7 Å². The molecule has 5 fully saturated rings. The number of nitrogens with zero attached hydrogens (tertiary/aromatic N) is 1. The van der Waals surface area contributed by atoms with E-state index in [0.717, 1.165) is 55.7 Å². The number of phenols is 1. The first-order valence-electron chi connectivity index (χ1n) is 14.4. The minimum absolute atomic E-state index is 0.0172. The van der Waals surface area contributed by atoms with Gasteiger partial charge in [-0.3, -0.25) is 4.90 Å². The Morgan fingerprint density at radius 1 is 1.16 bits per heavy atom. The summed E-state index contributed by atoms with van der Waals surface area (Å²) in [6.07, 6.45) is 6.73. The fourth-order valence-electron chi connectivity index (χ4n) is 10.4. The van der Waals surface area contributed by atoms with Crippen LogP contribution in [-0.2, 0) is 16.6 Å². The maximum atomic E-state index is 12.2. The molecular weight excluding hydrogens is 462 g/mol. The smallest absolute Gasteiger partial charge is 0.165 e. The van der Waals surface area contributed by atoms with Crippen LogP contribution in [0.3, 0.4) is 0 Å². The lowest BCUT2D eigenvalue weighted by Crippen LogP contribution is -2.83. The van der Waals surface area contributed by atoms with Gasteiger partial charge in [0.05, 0.1) is 6.10 Å². The molecule has 9 rings (SSSR count). The highest BCUT2D eigenvalue weighted by Gasteiger charge is 2.84. The Bertz CT molecular complexity index is 1310. The van der Waals surface area contributed by atoms with Gasteiger partial charge in [-0.05, 0) is 81.5 Å². The zero-order chi connectivity index (χ0) is 25.4. The lowest BCUT2D eigenvalue weighted by Gasteiger charge is -2.76. The van der Waals surface area contributed by atoms with E-state index in [4.69, 9.17) is 9.47 Å². The zero-order valence-corrected chi connectivity index (χ0v) is 22.3. The normalized spacial score (nSPS) is 41.8. The molecule has 2 N–H and O–H groups in total. The average Bonchev–Trinajstić information content (AvgIpc) is 3.63. The van der Waals surface area contributed by atoms with Gasteiger partial charge >= 0.3 is 0 Å². The van der Waals surface area contributed by atoms with E-state index in [1.54, 1.807) is 0 Å². The lowest BCUT2D eigenvalue weighted by molar-refractivity contribution is -0.324. The third kappa shape index (κ3) is 2.49. The summed E-state index contributed by atoms with van der Waals surface area (Å²) in [4.78, 5) is 2.82.